The van der Waals surface area contributed by atoms with Gasteiger partial charge in [-0.1, -0.05) is 39.0 Å². The fourth-order valence-electron chi connectivity index (χ4n) is 2.38. The second-order valence-corrected chi connectivity index (χ2v) is 7.53. The maximum atomic E-state index is 8.89. The molecule has 2 aromatic carbocycles. The monoisotopic (exact) mass is 372 g/mol. The van der Waals surface area contributed by atoms with Gasteiger partial charge in [-0.25, -0.2) is 5.84 Å². The number of nitrogens with two attached hydrogens (primary N) is 2. The van der Waals surface area contributed by atoms with Crippen molar-refractivity contribution in [3.8, 4) is 17.2 Å². The minimum atomic E-state index is 0.0689. The highest BCUT2D eigenvalue weighted by atomic mass is 79.9. The molecule has 0 fully saturated rings. The van der Waals surface area contributed by atoms with Gasteiger partial charge in [-0.05, 0) is 50.7 Å². The second-order valence-electron chi connectivity index (χ2n) is 6.74. The molecule has 2 aromatic rings. The molecule has 4 nitrogen and oxygen atoms in total. The minimum Gasteiger partial charge on any atom is -0.396 e. The molecule has 0 radical (unpaired) electrons. The number of hydrazine groups is 1. The van der Waals surface area contributed by atoms with Gasteiger partial charge in [-0.3, -0.25) is 0 Å². The summed E-state index contributed by atoms with van der Waals surface area (Å²) in [6, 6.07) is 13.4. The summed E-state index contributed by atoms with van der Waals surface area (Å²) in [5.74, 6) is 6.17. The molecule has 0 unspecified atom stereocenters. The van der Waals surface area contributed by atoms with E-state index in [2.05, 4.69) is 42.8 Å². The molecule has 0 aromatic heterocycles. The van der Waals surface area contributed by atoms with Crippen LogP contribution >= 0.6 is 15.9 Å². The summed E-state index contributed by atoms with van der Waals surface area (Å²) in [7, 11) is 0. The Kier molecular flexibility index (Phi) is 4.98. The average Bonchev–Trinajstić information content (AvgIpc) is 2.48. The smallest absolute Gasteiger partial charge is 0.0991 e. The van der Waals surface area contributed by atoms with Crippen LogP contribution in [0, 0.1) is 16.7 Å². The van der Waals surface area contributed by atoms with Crippen molar-refractivity contribution >= 4 is 27.3 Å². The van der Waals surface area contributed by atoms with E-state index < -0.39 is 0 Å². The first kappa shape index (κ1) is 17.3. The minimum absolute atomic E-state index is 0.0689. The SMILES string of the molecule is CC(C)(C)CN(N)c1ccc(-c2ccc(C#N)cc2)c(Br)c1N. The molecule has 2 rings (SSSR count). The lowest BCUT2D eigenvalue weighted by molar-refractivity contribution is 0.412. The number of hydrogen-bond acceptors (Lipinski definition) is 4. The zero-order chi connectivity index (χ0) is 17.2. The van der Waals surface area contributed by atoms with Gasteiger partial charge in [0.15, 0.2) is 0 Å². The highest BCUT2D eigenvalue weighted by Crippen LogP contribution is 2.38. The van der Waals surface area contributed by atoms with Crippen molar-refractivity contribution in [1.82, 2.24) is 0 Å². The van der Waals surface area contributed by atoms with E-state index in [9.17, 15) is 0 Å². The predicted molar refractivity (Wildman–Crippen MR) is 99.7 cm³/mol. The van der Waals surface area contributed by atoms with Gasteiger partial charge in [-0.15, -0.1) is 0 Å². The lowest BCUT2D eigenvalue weighted by atomic mass is 9.96. The number of halogens is 1. The van der Waals surface area contributed by atoms with E-state index in [4.69, 9.17) is 16.8 Å². The Hall–Kier alpha value is -2.03. The Morgan fingerprint density at radius 1 is 1.13 bits per heavy atom. The van der Waals surface area contributed by atoms with Crippen molar-refractivity contribution in [3.63, 3.8) is 0 Å². The molecule has 0 saturated heterocycles. The van der Waals surface area contributed by atoms with Crippen LogP contribution in [0.15, 0.2) is 40.9 Å². The van der Waals surface area contributed by atoms with Crippen LogP contribution in [0.25, 0.3) is 11.1 Å². The van der Waals surface area contributed by atoms with Crippen molar-refractivity contribution in [2.24, 2.45) is 11.3 Å². The molecule has 0 atom stereocenters. The van der Waals surface area contributed by atoms with Gasteiger partial charge in [-0.2, -0.15) is 5.26 Å². The Balaban J connectivity index is 2.39. The summed E-state index contributed by atoms with van der Waals surface area (Å²) in [5.41, 5.74) is 10.3. The topological polar surface area (TPSA) is 79.1 Å². The Bertz CT molecular complexity index is 739. The normalized spacial score (nSPS) is 11.1. The van der Waals surface area contributed by atoms with Gasteiger partial charge >= 0.3 is 0 Å². The first-order chi connectivity index (χ1) is 10.7. The van der Waals surface area contributed by atoms with Crippen LogP contribution in [0.2, 0.25) is 0 Å². The van der Waals surface area contributed by atoms with Crippen LogP contribution in [0.4, 0.5) is 11.4 Å². The number of benzene rings is 2. The van der Waals surface area contributed by atoms with Crippen LogP contribution in [0.3, 0.4) is 0 Å². The molecule has 5 heteroatoms. The predicted octanol–water partition coefficient (Wildman–Crippen LogP) is 4.30. The molecule has 0 aliphatic carbocycles. The van der Waals surface area contributed by atoms with Crippen LogP contribution in [0.5, 0.6) is 0 Å². The summed E-state index contributed by atoms with van der Waals surface area (Å²) in [5, 5.41) is 10.6. The Morgan fingerprint density at radius 2 is 1.74 bits per heavy atom. The van der Waals surface area contributed by atoms with Crippen molar-refractivity contribution in [2.75, 3.05) is 17.3 Å². The fraction of sp³-hybridized carbons (Fsp3) is 0.278. The summed E-state index contributed by atoms with van der Waals surface area (Å²) < 4.78 is 0.809. The summed E-state index contributed by atoms with van der Waals surface area (Å²) in [6.45, 7) is 7.08. The second kappa shape index (κ2) is 6.61. The molecule has 23 heavy (non-hydrogen) atoms. The van der Waals surface area contributed by atoms with Crippen LogP contribution in [-0.2, 0) is 0 Å². The van der Waals surface area contributed by atoms with Gasteiger partial charge in [0.1, 0.15) is 0 Å². The van der Waals surface area contributed by atoms with E-state index in [-0.39, 0.29) is 5.41 Å². The molecule has 0 heterocycles. The highest BCUT2D eigenvalue weighted by Gasteiger charge is 2.18. The van der Waals surface area contributed by atoms with Crippen molar-refractivity contribution in [3.05, 3.63) is 46.4 Å². The van der Waals surface area contributed by atoms with E-state index in [1.807, 2.05) is 24.3 Å². The van der Waals surface area contributed by atoms with Gasteiger partial charge in [0.25, 0.3) is 0 Å². The number of hydrogen-bond donors (Lipinski definition) is 2. The zero-order valence-corrected chi connectivity index (χ0v) is 15.2. The first-order valence-electron chi connectivity index (χ1n) is 7.33. The van der Waals surface area contributed by atoms with Crippen molar-refractivity contribution in [1.29, 1.82) is 5.26 Å². The van der Waals surface area contributed by atoms with E-state index in [0.29, 0.717) is 17.8 Å². The number of nitrogen functional groups attached to an aromatic ring is 1. The van der Waals surface area contributed by atoms with Gasteiger partial charge in [0.2, 0.25) is 0 Å². The number of nitriles is 1. The van der Waals surface area contributed by atoms with E-state index in [0.717, 1.165) is 21.3 Å². The molecule has 0 spiro atoms. The summed E-state index contributed by atoms with van der Waals surface area (Å²) in [4.78, 5) is 0. The third-order valence-corrected chi connectivity index (χ3v) is 4.29. The quantitative estimate of drug-likeness (QED) is 0.478. The number of rotatable bonds is 3. The molecule has 0 bridgehead atoms. The first-order valence-corrected chi connectivity index (χ1v) is 8.13. The highest BCUT2D eigenvalue weighted by molar-refractivity contribution is 9.10. The van der Waals surface area contributed by atoms with Gasteiger partial charge < -0.3 is 10.7 Å². The van der Waals surface area contributed by atoms with Crippen molar-refractivity contribution in [2.45, 2.75) is 20.8 Å². The Morgan fingerprint density at radius 3 is 2.26 bits per heavy atom. The molecule has 0 aliphatic heterocycles. The molecule has 0 aliphatic rings. The molecular formula is C18H21BrN4. The third kappa shape index (κ3) is 4.04. The Labute approximate surface area is 145 Å². The lowest BCUT2D eigenvalue weighted by Crippen LogP contribution is -2.38. The molecule has 0 saturated carbocycles. The van der Waals surface area contributed by atoms with Crippen LogP contribution in [-0.4, -0.2) is 6.54 Å². The third-order valence-electron chi connectivity index (χ3n) is 3.44. The van der Waals surface area contributed by atoms with E-state index in [1.165, 1.54) is 0 Å². The molecule has 0 amide bonds. The van der Waals surface area contributed by atoms with Gasteiger partial charge in [0.05, 0.1) is 27.5 Å². The summed E-state index contributed by atoms with van der Waals surface area (Å²) >= 11 is 3.58. The van der Waals surface area contributed by atoms with E-state index in [1.54, 1.807) is 17.1 Å². The average molecular weight is 373 g/mol. The lowest BCUT2D eigenvalue weighted by Gasteiger charge is -2.29. The largest absolute Gasteiger partial charge is 0.396 e. The fourth-order valence-corrected chi connectivity index (χ4v) is 2.94. The standard InChI is InChI=1S/C18H21BrN4/c1-18(2,3)11-23(22)15-9-8-14(16(19)17(15)21)13-6-4-12(10-20)5-7-13/h4-9H,11,21-22H2,1-3H3. The molecule has 4 N–H and O–H groups in total. The molecular weight excluding hydrogens is 352 g/mol. The summed E-state index contributed by atoms with van der Waals surface area (Å²) in [6.07, 6.45) is 0. The maximum Gasteiger partial charge on any atom is 0.0991 e. The molecule has 120 valence electrons. The van der Waals surface area contributed by atoms with Crippen molar-refractivity contribution < 1.29 is 0 Å². The van der Waals surface area contributed by atoms with Gasteiger partial charge in [0, 0.05) is 6.54 Å². The maximum absolute atomic E-state index is 8.89. The number of anilines is 2. The van der Waals surface area contributed by atoms with Crippen LogP contribution in [0.1, 0.15) is 26.3 Å². The zero-order valence-electron chi connectivity index (χ0n) is 13.6. The number of nitrogens with zero attached hydrogens (tertiary/aromatic N) is 2. The van der Waals surface area contributed by atoms with Crippen LogP contribution < -0.4 is 16.6 Å². The van der Waals surface area contributed by atoms with E-state index >= 15 is 0 Å².